The number of benzene rings is 1. The van der Waals surface area contributed by atoms with Gasteiger partial charge in [0.05, 0.1) is 11.5 Å². The molecule has 0 bridgehead atoms. The van der Waals surface area contributed by atoms with Crippen LogP contribution < -0.4 is 0 Å². The Morgan fingerprint density at radius 2 is 1.80 bits per heavy atom. The number of nitrogens with zero attached hydrogens (tertiary/aromatic N) is 2. The Labute approximate surface area is 176 Å². The maximum absolute atomic E-state index is 13.2. The highest BCUT2D eigenvalue weighted by Crippen LogP contribution is 2.49. The number of hydrogen-bond acceptors (Lipinski definition) is 7. The van der Waals surface area contributed by atoms with Gasteiger partial charge in [-0.25, -0.2) is 22.9 Å². The summed E-state index contributed by atoms with van der Waals surface area (Å²) in [5.74, 6) is -1.54. The van der Waals surface area contributed by atoms with E-state index in [2.05, 4.69) is 0 Å². The Morgan fingerprint density at radius 1 is 1.20 bits per heavy atom. The predicted octanol–water partition coefficient (Wildman–Crippen LogP) is 1.84. The lowest BCUT2D eigenvalue weighted by Crippen LogP contribution is -2.47. The second-order valence-electron chi connectivity index (χ2n) is 8.48. The number of esters is 1. The van der Waals surface area contributed by atoms with Gasteiger partial charge in [0.1, 0.15) is 17.2 Å². The minimum Gasteiger partial charge on any atom is -0.464 e. The largest absolute Gasteiger partial charge is 0.464 e. The molecule has 1 spiro atoms. The number of aryl methyl sites for hydroxylation is 1. The first-order valence-electron chi connectivity index (χ1n) is 9.66. The highest BCUT2D eigenvalue weighted by molar-refractivity contribution is 7.89. The number of hydrogen-bond donors (Lipinski definition) is 0. The summed E-state index contributed by atoms with van der Waals surface area (Å²) in [5.41, 5.74) is -1.49. The quantitative estimate of drug-likeness (QED) is 0.521. The third-order valence-electron chi connectivity index (χ3n) is 5.00. The molecule has 2 heterocycles. The number of sulfonamides is 1. The molecule has 1 aromatic carbocycles. The average molecular weight is 439 g/mol. The zero-order chi connectivity index (χ0) is 22.5. The van der Waals surface area contributed by atoms with Crippen molar-refractivity contribution in [1.82, 2.24) is 9.21 Å². The number of rotatable bonds is 4. The van der Waals surface area contributed by atoms with E-state index in [-0.39, 0.29) is 24.5 Å². The fraction of sp³-hybridized carbons (Fsp3) is 0.550. The molecule has 2 aliphatic heterocycles. The Morgan fingerprint density at radius 3 is 2.33 bits per heavy atom. The minimum atomic E-state index is -3.97. The second kappa shape index (κ2) is 7.35. The number of carbonyl (C=O) groups is 3. The molecule has 2 unspecified atom stereocenters. The monoisotopic (exact) mass is 438 g/mol. The standard InChI is InChI=1S/C20H26N2O7S/c1-6-28-16(23)15-11-20(17(24)22(15)18(25)29-19(3,4)5)12-21(20)30(26,27)14-9-7-13(2)8-10-14/h7-10,15H,6,11-12H2,1-5H3/t15-,20?,21?/m0/s1. The smallest absolute Gasteiger partial charge is 0.417 e. The van der Waals surface area contributed by atoms with Crippen LogP contribution in [0.4, 0.5) is 4.79 Å². The summed E-state index contributed by atoms with van der Waals surface area (Å²) in [6, 6.07) is 5.00. The zero-order valence-electron chi connectivity index (χ0n) is 17.7. The van der Waals surface area contributed by atoms with Crippen molar-refractivity contribution in [1.29, 1.82) is 0 Å². The van der Waals surface area contributed by atoms with Gasteiger partial charge in [0, 0.05) is 13.0 Å². The van der Waals surface area contributed by atoms with Crippen molar-refractivity contribution in [3.8, 4) is 0 Å². The molecule has 2 aliphatic rings. The second-order valence-corrected chi connectivity index (χ2v) is 10.3. The highest BCUT2D eigenvalue weighted by atomic mass is 32.2. The Bertz CT molecular complexity index is 981. The molecule has 3 rings (SSSR count). The van der Waals surface area contributed by atoms with Gasteiger partial charge in [0.2, 0.25) is 10.0 Å². The van der Waals surface area contributed by atoms with Crippen molar-refractivity contribution in [2.45, 2.75) is 63.1 Å². The van der Waals surface area contributed by atoms with E-state index < -0.39 is 45.2 Å². The van der Waals surface area contributed by atoms with Crippen LogP contribution in [0.5, 0.6) is 0 Å². The first-order chi connectivity index (χ1) is 13.8. The molecule has 0 saturated carbocycles. The average Bonchev–Trinajstić information content (AvgIpc) is 3.29. The lowest BCUT2D eigenvalue weighted by molar-refractivity contribution is -0.151. The van der Waals surface area contributed by atoms with Crippen LogP contribution in [0.25, 0.3) is 0 Å². The summed E-state index contributed by atoms with van der Waals surface area (Å²) in [7, 11) is -3.97. The predicted molar refractivity (Wildman–Crippen MR) is 106 cm³/mol. The molecule has 1 aromatic rings. The van der Waals surface area contributed by atoms with Crippen LogP contribution in [0, 0.1) is 6.92 Å². The number of ether oxygens (including phenoxy) is 2. The van der Waals surface area contributed by atoms with Crippen LogP contribution in [0.15, 0.2) is 29.2 Å². The molecule has 0 N–H and O–H groups in total. The normalized spacial score (nSPS) is 26.0. The zero-order valence-corrected chi connectivity index (χ0v) is 18.5. The van der Waals surface area contributed by atoms with Crippen LogP contribution >= 0.6 is 0 Å². The van der Waals surface area contributed by atoms with Crippen molar-refractivity contribution in [2.75, 3.05) is 13.2 Å². The van der Waals surface area contributed by atoms with E-state index in [9.17, 15) is 22.8 Å². The van der Waals surface area contributed by atoms with E-state index in [0.29, 0.717) is 4.90 Å². The van der Waals surface area contributed by atoms with Gasteiger partial charge in [0.25, 0.3) is 5.91 Å². The highest BCUT2D eigenvalue weighted by Gasteiger charge is 2.72. The first-order valence-corrected chi connectivity index (χ1v) is 11.1. The van der Waals surface area contributed by atoms with Gasteiger partial charge < -0.3 is 9.47 Å². The van der Waals surface area contributed by atoms with E-state index in [1.807, 2.05) is 6.92 Å². The SMILES string of the molecule is CCOC(=O)[C@@H]1CC2(CN2S(=O)(=O)c2ccc(C)cc2)C(=O)N1C(=O)OC(C)(C)C. The molecule has 9 nitrogen and oxygen atoms in total. The molecule has 30 heavy (non-hydrogen) atoms. The maximum Gasteiger partial charge on any atom is 0.417 e. The van der Waals surface area contributed by atoms with Gasteiger partial charge in [-0.15, -0.1) is 0 Å². The molecule has 0 radical (unpaired) electrons. The van der Waals surface area contributed by atoms with Gasteiger partial charge in [-0.05, 0) is 46.8 Å². The topological polar surface area (TPSA) is 110 Å². The van der Waals surface area contributed by atoms with Crippen LogP contribution in [0.2, 0.25) is 0 Å². The van der Waals surface area contributed by atoms with Gasteiger partial charge >= 0.3 is 12.1 Å². The van der Waals surface area contributed by atoms with Crippen LogP contribution in [0.3, 0.4) is 0 Å². The van der Waals surface area contributed by atoms with E-state index in [1.54, 1.807) is 39.8 Å². The molecule has 2 fully saturated rings. The molecule has 0 aliphatic carbocycles. The molecule has 0 aromatic heterocycles. The molecule has 2 amide bonds. The van der Waals surface area contributed by atoms with Crippen molar-refractivity contribution >= 4 is 28.0 Å². The van der Waals surface area contributed by atoms with E-state index in [4.69, 9.17) is 9.47 Å². The Kier molecular flexibility index (Phi) is 5.44. The van der Waals surface area contributed by atoms with Crippen molar-refractivity contribution in [2.24, 2.45) is 0 Å². The molecule has 2 saturated heterocycles. The molecule has 10 heteroatoms. The first kappa shape index (κ1) is 22.2. The van der Waals surface area contributed by atoms with Gasteiger partial charge in [-0.1, -0.05) is 17.7 Å². The van der Waals surface area contributed by atoms with E-state index in [1.165, 1.54) is 12.1 Å². The summed E-state index contributed by atoms with van der Waals surface area (Å²) >= 11 is 0. The van der Waals surface area contributed by atoms with E-state index >= 15 is 0 Å². The third kappa shape index (κ3) is 3.81. The van der Waals surface area contributed by atoms with Gasteiger partial charge in [-0.3, -0.25) is 4.79 Å². The van der Waals surface area contributed by atoms with Gasteiger partial charge in [0.15, 0.2) is 0 Å². The molecular weight excluding hydrogens is 412 g/mol. The number of carbonyl (C=O) groups excluding carboxylic acids is 3. The summed E-state index contributed by atoms with van der Waals surface area (Å²) < 4.78 is 37.4. The lowest BCUT2D eigenvalue weighted by atomic mass is 10.1. The van der Waals surface area contributed by atoms with E-state index in [0.717, 1.165) is 9.87 Å². The van der Waals surface area contributed by atoms with Crippen LogP contribution in [-0.2, 0) is 29.1 Å². The summed E-state index contributed by atoms with van der Waals surface area (Å²) in [5, 5.41) is 0. The number of amides is 2. The van der Waals surface area contributed by atoms with Crippen molar-refractivity contribution < 1.29 is 32.3 Å². The summed E-state index contributed by atoms with van der Waals surface area (Å²) in [6.07, 6.45) is -1.17. The Hall–Kier alpha value is -2.46. The van der Waals surface area contributed by atoms with Crippen molar-refractivity contribution in [3.05, 3.63) is 29.8 Å². The third-order valence-corrected chi connectivity index (χ3v) is 6.92. The molecule has 164 valence electrons. The number of imide groups is 1. The summed E-state index contributed by atoms with van der Waals surface area (Å²) in [4.78, 5) is 39.1. The molecular formula is C20H26N2O7S. The van der Waals surface area contributed by atoms with Crippen molar-refractivity contribution in [3.63, 3.8) is 0 Å². The Balaban J connectivity index is 1.93. The maximum atomic E-state index is 13.2. The molecule has 3 atom stereocenters. The minimum absolute atomic E-state index is 0.0428. The van der Waals surface area contributed by atoms with Crippen LogP contribution in [0.1, 0.15) is 39.7 Å². The summed E-state index contributed by atoms with van der Waals surface area (Å²) in [6.45, 7) is 8.27. The number of likely N-dealkylation sites (tertiary alicyclic amines) is 1. The lowest BCUT2D eigenvalue weighted by Gasteiger charge is -2.26. The van der Waals surface area contributed by atoms with Gasteiger partial charge in [-0.2, -0.15) is 4.31 Å². The fourth-order valence-electron chi connectivity index (χ4n) is 3.51. The van der Waals surface area contributed by atoms with Crippen LogP contribution in [-0.4, -0.2) is 65.9 Å². The fourth-order valence-corrected chi connectivity index (χ4v) is 5.24.